The molecule has 0 aromatic carbocycles. The van der Waals surface area contributed by atoms with E-state index in [9.17, 15) is 4.79 Å². The highest BCUT2D eigenvalue weighted by atomic mass is 79.9. The zero-order chi connectivity index (χ0) is 9.14. The van der Waals surface area contributed by atoms with Crippen molar-refractivity contribution in [3.05, 3.63) is 0 Å². The molecule has 1 unspecified atom stereocenters. The van der Waals surface area contributed by atoms with Crippen LogP contribution in [0.5, 0.6) is 0 Å². The fourth-order valence-electron chi connectivity index (χ4n) is 1.29. The van der Waals surface area contributed by atoms with Crippen molar-refractivity contribution in [3.63, 3.8) is 0 Å². The van der Waals surface area contributed by atoms with Crippen molar-refractivity contribution in [1.29, 1.82) is 0 Å². The van der Waals surface area contributed by atoms with Crippen LogP contribution in [0.25, 0.3) is 0 Å². The molecule has 70 valence electrons. The Morgan fingerprint density at radius 3 is 2.75 bits per heavy atom. The minimum absolute atomic E-state index is 0.00738. The Morgan fingerprint density at radius 2 is 2.25 bits per heavy atom. The van der Waals surface area contributed by atoms with Crippen LogP contribution in [0.4, 0.5) is 0 Å². The molecule has 3 nitrogen and oxygen atoms in total. The van der Waals surface area contributed by atoms with E-state index >= 15 is 0 Å². The summed E-state index contributed by atoms with van der Waals surface area (Å²) >= 11 is 3.36. The van der Waals surface area contributed by atoms with Crippen molar-refractivity contribution in [1.82, 2.24) is 0 Å². The van der Waals surface area contributed by atoms with Gasteiger partial charge in [0.15, 0.2) is 0 Å². The molecule has 4 heteroatoms. The second-order valence-corrected chi connectivity index (χ2v) is 4.00. The van der Waals surface area contributed by atoms with E-state index in [1.54, 1.807) is 0 Å². The number of rotatable bonds is 1. The molecule has 0 aliphatic carbocycles. The van der Waals surface area contributed by atoms with Crippen LogP contribution in [0.2, 0.25) is 0 Å². The summed E-state index contributed by atoms with van der Waals surface area (Å²) in [6, 6.07) is 0. The molecule has 0 spiro atoms. The zero-order valence-electron chi connectivity index (χ0n) is 7.25. The lowest BCUT2D eigenvalue weighted by molar-refractivity contribution is -0.160. The molecule has 1 aliphatic rings. The Kier molecular flexibility index (Phi) is 3.53. The Balaban J connectivity index is 2.39. The first-order chi connectivity index (χ1) is 5.59. The fourth-order valence-corrected chi connectivity index (χ4v) is 1.89. The van der Waals surface area contributed by atoms with E-state index in [4.69, 9.17) is 9.47 Å². The SMILES string of the molecule is CC(=O)O[C@H]1CCC(Br)O[C@@H]1C. The Hall–Kier alpha value is -0.0900. The quantitative estimate of drug-likeness (QED) is 0.515. The molecule has 3 atom stereocenters. The van der Waals surface area contributed by atoms with Gasteiger partial charge >= 0.3 is 5.97 Å². The number of carbonyl (C=O) groups excluding carboxylic acids is 1. The van der Waals surface area contributed by atoms with Crippen LogP contribution < -0.4 is 0 Å². The van der Waals surface area contributed by atoms with Gasteiger partial charge in [-0.3, -0.25) is 4.79 Å². The number of halogens is 1. The Morgan fingerprint density at radius 1 is 1.58 bits per heavy atom. The van der Waals surface area contributed by atoms with Crippen LogP contribution >= 0.6 is 15.9 Å². The highest BCUT2D eigenvalue weighted by Crippen LogP contribution is 2.25. The van der Waals surface area contributed by atoms with Gasteiger partial charge in [-0.15, -0.1) is 0 Å². The van der Waals surface area contributed by atoms with Crippen LogP contribution in [0.15, 0.2) is 0 Å². The molecule has 0 aromatic rings. The maximum atomic E-state index is 10.6. The molecule has 1 aliphatic heterocycles. The summed E-state index contributed by atoms with van der Waals surface area (Å²) < 4.78 is 10.5. The maximum Gasteiger partial charge on any atom is 0.302 e. The van der Waals surface area contributed by atoms with E-state index in [-0.39, 0.29) is 23.2 Å². The fraction of sp³-hybridized carbons (Fsp3) is 0.875. The average Bonchev–Trinajstić information content (AvgIpc) is 1.94. The lowest BCUT2D eigenvalue weighted by Crippen LogP contribution is -2.37. The predicted molar refractivity (Wildman–Crippen MR) is 48.1 cm³/mol. The van der Waals surface area contributed by atoms with Gasteiger partial charge in [0, 0.05) is 6.92 Å². The van der Waals surface area contributed by atoms with Crippen LogP contribution in [-0.4, -0.2) is 23.2 Å². The molecule has 0 amide bonds. The molecule has 1 saturated heterocycles. The van der Waals surface area contributed by atoms with Gasteiger partial charge in [0.05, 0.1) is 6.10 Å². The second-order valence-electron chi connectivity index (χ2n) is 2.98. The first kappa shape index (κ1) is 9.99. The number of ether oxygens (including phenoxy) is 2. The van der Waals surface area contributed by atoms with Gasteiger partial charge in [0.2, 0.25) is 0 Å². The second kappa shape index (κ2) is 4.23. The van der Waals surface area contributed by atoms with E-state index in [2.05, 4.69) is 15.9 Å². The van der Waals surface area contributed by atoms with Crippen molar-refractivity contribution in [3.8, 4) is 0 Å². The standard InChI is InChI=1S/C8H13BrO3/c1-5-7(12-6(2)10)3-4-8(9)11-5/h5,7-8H,3-4H2,1-2H3/t5-,7+,8?/m1/s1. The Labute approximate surface area is 80.5 Å². The van der Waals surface area contributed by atoms with Gasteiger partial charge in [-0.1, -0.05) is 15.9 Å². The largest absolute Gasteiger partial charge is 0.460 e. The summed E-state index contributed by atoms with van der Waals surface area (Å²) in [5.74, 6) is -0.233. The molecule has 1 heterocycles. The predicted octanol–water partition coefficient (Wildman–Crippen LogP) is 1.84. The zero-order valence-corrected chi connectivity index (χ0v) is 8.83. The number of hydrogen-bond acceptors (Lipinski definition) is 3. The first-order valence-corrected chi connectivity index (χ1v) is 4.98. The summed E-state index contributed by atoms with van der Waals surface area (Å²) in [6.45, 7) is 3.34. The normalized spacial score (nSPS) is 36.1. The molecule has 0 saturated carbocycles. The summed E-state index contributed by atoms with van der Waals surface area (Å²) in [7, 11) is 0. The van der Waals surface area contributed by atoms with E-state index < -0.39 is 0 Å². The molecule has 12 heavy (non-hydrogen) atoms. The minimum Gasteiger partial charge on any atom is -0.460 e. The first-order valence-electron chi connectivity index (χ1n) is 4.06. The lowest BCUT2D eigenvalue weighted by Gasteiger charge is -2.31. The van der Waals surface area contributed by atoms with Crippen molar-refractivity contribution < 1.29 is 14.3 Å². The summed E-state index contributed by atoms with van der Waals surface area (Å²) in [6.07, 6.45) is 1.68. The van der Waals surface area contributed by atoms with Gasteiger partial charge in [0.1, 0.15) is 11.1 Å². The van der Waals surface area contributed by atoms with Crippen LogP contribution in [0.1, 0.15) is 26.7 Å². The molecule has 1 rings (SSSR count). The lowest BCUT2D eigenvalue weighted by atomic mass is 10.1. The summed E-state index contributed by atoms with van der Waals surface area (Å²) in [4.78, 5) is 10.6. The molecule has 0 radical (unpaired) electrons. The van der Waals surface area contributed by atoms with E-state index in [1.165, 1.54) is 6.92 Å². The highest BCUT2D eigenvalue weighted by molar-refractivity contribution is 9.09. The van der Waals surface area contributed by atoms with Gasteiger partial charge in [0.25, 0.3) is 0 Å². The van der Waals surface area contributed by atoms with Crippen molar-refractivity contribution in [2.24, 2.45) is 0 Å². The van der Waals surface area contributed by atoms with E-state index in [0.717, 1.165) is 12.8 Å². The summed E-state index contributed by atoms with van der Waals surface area (Å²) in [5, 5.41) is 0.110. The number of alkyl halides is 1. The van der Waals surface area contributed by atoms with Crippen molar-refractivity contribution in [2.45, 2.75) is 43.9 Å². The third-order valence-electron chi connectivity index (χ3n) is 1.88. The van der Waals surface area contributed by atoms with Crippen molar-refractivity contribution in [2.75, 3.05) is 0 Å². The Bertz CT molecular complexity index is 172. The van der Waals surface area contributed by atoms with Crippen LogP contribution in [0.3, 0.4) is 0 Å². The topological polar surface area (TPSA) is 35.5 Å². The number of carbonyl (C=O) groups is 1. The molecular formula is C8H13BrO3. The summed E-state index contributed by atoms with van der Waals surface area (Å²) in [5.41, 5.74) is 0. The van der Waals surface area contributed by atoms with Crippen LogP contribution in [-0.2, 0) is 14.3 Å². The third-order valence-corrected chi connectivity index (χ3v) is 2.56. The van der Waals surface area contributed by atoms with Gasteiger partial charge in [-0.2, -0.15) is 0 Å². The van der Waals surface area contributed by atoms with Gasteiger partial charge in [-0.05, 0) is 19.8 Å². The maximum absolute atomic E-state index is 10.6. The number of hydrogen-bond donors (Lipinski definition) is 0. The molecule has 0 aromatic heterocycles. The third kappa shape index (κ3) is 2.75. The molecule has 0 N–H and O–H groups in total. The molecular weight excluding hydrogens is 224 g/mol. The molecule has 0 bridgehead atoms. The van der Waals surface area contributed by atoms with Gasteiger partial charge < -0.3 is 9.47 Å². The van der Waals surface area contributed by atoms with Crippen molar-refractivity contribution >= 4 is 21.9 Å². The smallest absolute Gasteiger partial charge is 0.302 e. The minimum atomic E-state index is -0.233. The van der Waals surface area contributed by atoms with E-state index in [0.29, 0.717) is 0 Å². The monoisotopic (exact) mass is 236 g/mol. The van der Waals surface area contributed by atoms with E-state index in [1.807, 2.05) is 6.92 Å². The van der Waals surface area contributed by atoms with Gasteiger partial charge in [-0.25, -0.2) is 0 Å². The van der Waals surface area contributed by atoms with Crippen LogP contribution in [0, 0.1) is 0 Å². The number of esters is 1. The molecule has 1 fully saturated rings. The average molecular weight is 237 g/mol. The highest BCUT2D eigenvalue weighted by Gasteiger charge is 2.28.